The number of rotatable bonds is 3. The Morgan fingerprint density at radius 3 is 2.43 bits per heavy atom. The van der Waals surface area contributed by atoms with Crippen LogP contribution in [-0.4, -0.2) is 62.7 Å². The zero-order valence-corrected chi connectivity index (χ0v) is 20.2. The van der Waals surface area contributed by atoms with Crippen molar-refractivity contribution in [1.82, 2.24) is 4.90 Å². The standard InChI is InChI=1S/C25H28F2N2O6/c1-25(2,3)35-24(31)29-13-15-5-6-18(26)21(22(15)34-14-29)16-12-20(28-7-9-33-10-8-28)17(11-19(16)27)23(30)32-4/h5-6,11-12H,7-10,13-14H2,1-4H3. The summed E-state index contributed by atoms with van der Waals surface area (Å²) in [6, 6.07) is 5.20. The number of amides is 1. The molecule has 0 aliphatic carbocycles. The van der Waals surface area contributed by atoms with Crippen LogP contribution in [0.15, 0.2) is 24.3 Å². The van der Waals surface area contributed by atoms with Crippen molar-refractivity contribution in [3.8, 4) is 16.9 Å². The van der Waals surface area contributed by atoms with E-state index in [2.05, 4.69) is 0 Å². The summed E-state index contributed by atoms with van der Waals surface area (Å²) >= 11 is 0. The first-order valence-corrected chi connectivity index (χ1v) is 11.3. The highest BCUT2D eigenvalue weighted by molar-refractivity contribution is 5.97. The van der Waals surface area contributed by atoms with E-state index in [0.717, 1.165) is 6.07 Å². The van der Waals surface area contributed by atoms with Gasteiger partial charge in [-0.1, -0.05) is 6.07 Å². The number of methoxy groups -OCH3 is 1. The molecule has 0 bridgehead atoms. The van der Waals surface area contributed by atoms with Crippen LogP contribution in [0.4, 0.5) is 19.3 Å². The highest BCUT2D eigenvalue weighted by Gasteiger charge is 2.31. The molecule has 0 spiro atoms. The predicted octanol–water partition coefficient (Wildman–Crippen LogP) is 4.34. The number of hydrogen-bond donors (Lipinski definition) is 0. The van der Waals surface area contributed by atoms with Crippen molar-refractivity contribution in [2.24, 2.45) is 0 Å². The normalized spacial score (nSPS) is 15.8. The molecular weight excluding hydrogens is 462 g/mol. The molecule has 0 atom stereocenters. The first kappa shape index (κ1) is 24.7. The van der Waals surface area contributed by atoms with Crippen molar-refractivity contribution >= 4 is 17.7 Å². The van der Waals surface area contributed by atoms with Gasteiger partial charge in [-0.2, -0.15) is 0 Å². The highest BCUT2D eigenvalue weighted by Crippen LogP contribution is 2.42. The lowest BCUT2D eigenvalue weighted by Gasteiger charge is -2.33. The second-order valence-electron chi connectivity index (χ2n) is 9.30. The first-order chi connectivity index (χ1) is 16.6. The molecule has 2 aliphatic rings. The Bertz CT molecular complexity index is 1140. The summed E-state index contributed by atoms with van der Waals surface area (Å²) in [5, 5.41) is 0. The maximum atomic E-state index is 15.4. The van der Waals surface area contributed by atoms with Crippen LogP contribution in [0.3, 0.4) is 0 Å². The number of nitrogens with zero attached hydrogens (tertiary/aromatic N) is 2. The zero-order valence-electron chi connectivity index (χ0n) is 20.2. The topological polar surface area (TPSA) is 77.5 Å². The van der Waals surface area contributed by atoms with Gasteiger partial charge in [-0.3, -0.25) is 4.90 Å². The molecule has 2 heterocycles. The van der Waals surface area contributed by atoms with Gasteiger partial charge in [-0.15, -0.1) is 0 Å². The van der Waals surface area contributed by atoms with Crippen molar-refractivity contribution in [1.29, 1.82) is 0 Å². The fourth-order valence-corrected chi connectivity index (χ4v) is 4.07. The lowest BCUT2D eigenvalue weighted by molar-refractivity contribution is 0.00242. The molecule has 1 saturated heterocycles. The maximum Gasteiger partial charge on any atom is 0.413 e. The van der Waals surface area contributed by atoms with Crippen LogP contribution in [0.5, 0.6) is 5.75 Å². The summed E-state index contributed by atoms with van der Waals surface area (Å²) in [6.45, 7) is 7.01. The molecule has 2 aromatic rings. The quantitative estimate of drug-likeness (QED) is 0.593. The van der Waals surface area contributed by atoms with E-state index in [9.17, 15) is 9.59 Å². The average molecular weight is 491 g/mol. The van der Waals surface area contributed by atoms with Gasteiger partial charge in [0.1, 0.15) is 23.0 Å². The van der Waals surface area contributed by atoms with Gasteiger partial charge in [0.15, 0.2) is 6.73 Å². The SMILES string of the molecule is COC(=O)c1cc(F)c(-c2c(F)ccc3c2OCN(C(=O)OC(C)(C)C)C3)cc1N1CCOCC1. The Morgan fingerprint density at radius 2 is 1.77 bits per heavy atom. The zero-order chi connectivity index (χ0) is 25.3. The number of fused-ring (bicyclic) bond motifs is 1. The van der Waals surface area contributed by atoms with E-state index in [1.54, 1.807) is 20.8 Å². The van der Waals surface area contributed by atoms with Crippen LogP contribution in [0.1, 0.15) is 36.7 Å². The predicted molar refractivity (Wildman–Crippen MR) is 123 cm³/mol. The monoisotopic (exact) mass is 490 g/mol. The average Bonchev–Trinajstić information content (AvgIpc) is 2.83. The molecule has 0 unspecified atom stereocenters. The van der Waals surface area contributed by atoms with Gasteiger partial charge < -0.3 is 23.8 Å². The van der Waals surface area contributed by atoms with Gasteiger partial charge in [0, 0.05) is 24.2 Å². The summed E-state index contributed by atoms with van der Waals surface area (Å²) in [5.74, 6) is -2.04. The number of anilines is 1. The van der Waals surface area contributed by atoms with Crippen LogP contribution in [0, 0.1) is 11.6 Å². The van der Waals surface area contributed by atoms with Crippen molar-refractivity contribution < 1.29 is 37.3 Å². The summed E-state index contributed by atoms with van der Waals surface area (Å²) in [6.07, 6.45) is -0.572. The lowest BCUT2D eigenvalue weighted by atomic mass is 9.96. The van der Waals surface area contributed by atoms with Crippen LogP contribution in [-0.2, 0) is 20.8 Å². The van der Waals surface area contributed by atoms with E-state index in [0.29, 0.717) is 37.6 Å². The fourth-order valence-electron chi connectivity index (χ4n) is 4.07. The number of benzene rings is 2. The number of carbonyl (C=O) groups excluding carboxylic acids is 2. The van der Waals surface area contributed by atoms with Crippen LogP contribution in [0.2, 0.25) is 0 Å². The molecule has 2 aromatic carbocycles. The Labute approximate surface area is 202 Å². The Hall–Kier alpha value is -3.40. The van der Waals surface area contributed by atoms with Gasteiger partial charge in [-0.25, -0.2) is 18.4 Å². The van der Waals surface area contributed by atoms with Gasteiger partial charge >= 0.3 is 12.1 Å². The molecule has 0 aromatic heterocycles. The van der Waals surface area contributed by atoms with Gasteiger partial charge in [-0.05, 0) is 39.0 Å². The first-order valence-electron chi connectivity index (χ1n) is 11.3. The van der Waals surface area contributed by atoms with Gasteiger partial charge in [0.2, 0.25) is 0 Å². The number of ether oxygens (including phenoxy) is 4. The van der Waals surface area contributed by atoms with Crippen LogP contribution in [0.25, 0.3) is 11.1 Å². The Morgan fingerprint density at radius 1 is 1.06 bits per heavy atom. The third-order valence-electron chi connectivity index (χ3n) is 5.68. The molecule has 0 saturated carbocycles. The van der Waals surface area contributed by atoms with E-state index in [1.807, 2.05) is 4.90 Å². The second-order valence-corrected chi connectivity index (χ2v) is 9.30. The van der Waals surface area contributed by atoms with Crippen LogP contribution < -0.4 is 9.64 Å². The molecule has 188 valence electrons. The van der Waals surface area contributed by atoms with Crippen molar-refractivity contribution in [3.05, 3.63) is 47.0 Å². The fraction of sp³-hybridized carbons (Fsp3) is 0.440. The number of halogens is 2. The minimum Gasteiger partial charge on any atom is -0.472 e. The number of carbonyl (C=O) groups is 2. The smallest absolute Gasteiger partial charge is 0.413 e. The number of hydrogen-bond acceptors (Lipinski definition) is 7. The highest BCUT2D eigenvalue weighted by atomic mass is 19.1. The summed E-state index contributed by atoms with van der Waals surface area (Å²) in [4.78, 5) is 28.1. The summed E-state index contributed by atoms with van der Waals surface area (Å²) in [5.41, 5.74) is 0.139. The molecule has 0 N–H and O–H groups in total. The summed E-state index contributed by atoms with van der Waals surface area (Å²) in [7, 11) is 1.22. The third kappa shape index (κ3) is 5.17. The van der Waals surface area contributed by atoms with Gasteiger partial charge in [0.05, 0.1) is 43.7 Å². The van der Waals surface area contributed by atoms with Crippen molar-refractivity contribution in [2.45, 2.75) is 32.9 Å². The Balaban J connectivity index is 1.76. The molecule has 8 nitrogen and oxygen atoms in total. The largest absolute Gasteiger partial charge is 0.472 e. The molecule has 0 radical (unpaired) electrons. The third-order valence-corrected chi connectivity index (χ3v) is 5.68. The molecule has 10 heteroatoms. The van der Waals surface area contributed by atoms with Gasteiger partial charge in [0.25, 0.3) is 0 Å². The molecule has 2 aliphatic heterocycles. The minimum atomic E-state index is -0.798. The maximum absolute atomic E-state index is 15.4. The van der Waals surface area contributed by atoms with Crippen molar-refractivity contribution in [3.63, 3.8) is 0 Å². The molecular formula is C25H28F2N2O6. The van der Waals surface area contributed by atoms with E-state index in [1.165, 1.54) is 30.2 Å². The molecule has 1 fully saturated rings. The van der Waals surface area contributed by atoms with E-state index < -0.39 is 29.3 Å². The van der Waals surface area contributed by atoms with E-state index in [-0.39, 0.29) is 35.7 Å². The van der Waals surface area contributed by atoms with Crippen LogP contribution >= 0.6 is 0 Å². The molecule has 1 amide bonds. The minimum absolute atomic E-state index is 0.0397. The van der Waals surface area contributed by atoms with E-state index in [4.69, 9.17) is 18.9 Å². The number of esters is 1. The molecule has 4 rings (SSSR count). The Kier molecular flexibility index (Phi) is 6.84. The second kappa shape index (κ2) is 9.69. The van der Waals surface area contributed by atoms with Crippen molar-refractivity contribution in [2.75, 3.05) is 45.0 Å². The van der Waals surface area contributed by atoms with E-state index >= 15 is 8.78 Å². The lowest BCUT2D eigenvalue weighted by Crippen LogP contribution is -2.41. The molecule has 35 heavy (non-hydrogen) atoms. The summed E-state index contributed by atoms with van der Waals surface area (Å²) < 4.78 is 51.9. The number of morpholine rings is 1.